The molecule has 0 fully saturated rings. The van der Waals surface area contributed by atoms with E-state index in [1.165, 1.54) is 0 Å². The summed E-state index contributed by atoms with van der Waals surface area (Å²) in [5.74, 6) is 0. The summed E-state index contributed by atoms with van der Waals surface area (Å²) < 4.78 is 0. The Hall–Kier alpha value is -0.440. The molecule has 2 aromatic rings. The Morgan fingerprint density at radius 1 is 0.895 bits per heavy atom. The zero-order chi connectivity index (χ0) is 14.0. The van der Waals surface area contributed by atoms with Crippen LogP contribution in [0.2, 0.25) is 20.1 Å². The molecule has 2 rings (SSSR count). The second kappa shape index (κ2) is 6.34. The highest BCUT2D eigenvalue weighted by Crippen LogP contribution is 2.30. The van der Waals surface area contributed by atoms with Crippen LogP contribution in [0.3, 0.4) is 0 Å². The van der Waals surface area contributed by atoms with E-state index in [1.807, 2.05) is 18.2 Å². The Morgan fingerprint density at radius 3 is 2.32 bits per heavy atom. The van der Waals surface area contributed by atoms with Crippen LogP contribution in [0.15, 0.2) is 36.4 Å². The average Bonchev–Trinajstić information content (AvgIpc) is 2.38. The largest absolute Gasteiger partial charge is 0.324 e. The van der Waals surface area contributed by atoms with Crippen molar-refractivity contribution >= 4 is 46.4 Å². The smallest absolute Gasteiger partial charge is 0.0624 e. The van der Waals surface area contributed by atoms with E-state index in [0.717, 1.165) is 11.1 Å². The van der Waals surface area contributed by atoms with E-state index >= 15 is 0 Å². The number of hydrogen-bond acceptors (Lipinski definition) is 1. The Labute approximate surface area is 132 Å². The summed E-state index contributed by atoms with van der Waals surface area (Å²) in [4.78, 5) is 0. The Balaban J connectivity index is 2.23. The summed E-state index contributed by atoms with van der Waals surface area (Å²) in [6.07, 6.45) is 0.581. The molecule has 100 valence electrons. The van der Waals surface area contributed by atoms with Crippen LogP contribution in [0.1, 0.15) is 17.2 Å². The Bertz CT molecular complexity index is 598. The summed E-state index contributed by atoms with van der Waals surface area (Å²) in [7, 11) is 0. The lowest BCUT2D eigenvalue weighted by Crippen LogP contribution is -2.13. The number of rotatable bonds is 3. The maximum atomic E-state index is 6.16. The van der Waals surface area contributed by atoms with Crippen LogP contribution in [0.25, 0.3) is 0 Å². The predicted molar refractivity (Wildman–Crippen MR) is 83.6 cm³/mol. The molecule has 5 heteroatoms. The molecular weight excluding hydrogens is 324 g/mol. The molecule has 1 unspecified atom stereocenters. The molecule has 1 atom stereocenters. The van der Waals surface area contributed by atoms with E-state index in [1.54, 1.807) is 18.2 Å². The van der Waals surface area contributed by atoms with Gasteiger partial charge in [-0.3, -0.25) is 0 Å². The van der Waals surface area contributed by atoms with Gasteiger partial charge in [0.15, 0.2) is 0 Å². The third-order valence-corrected chi connectivity index (χ3v) is 4.44. The first-order valence-corrected chi connectivity index (χ1v) is 7.13. The summed E-state index contributed by atoms with van der Waals surface area (Å²) >= 11 is 24.0. The molecule has 0 aliphatic heterocycles. The van der Waals surface area contributed by atoms with Crippen molar-refractivity contribution in [2.24, 2.45) is 5.73 Å². The molecule has 0 saturated heterocycles. The van der Waals surface area contributed by atoms with Gasteiger partial charge in [-0.1, -0.05) is 64.6 Å². The number of halogens is 4. The van der Waals surface area contributed by atoms with Crippen LogP contribution >= 0.6 is 46.4 Å². The predicted octanol–water partition coefficient (Wildman–Crippen LogP) is 5.54. The third kappa shape index (κ3) is 3.56. The zero-order valence-corrected chi connectivity index (χ0v) is 12.9. The maximum absolute atomic E-state index is 6.16. The monoisotopic (exact) mass is 333 g/mol. The third-order valence-electron chi connectivity index (χ3n) is 2.84. The van der Waals surface area contributed by atoms with Crippen LogP contribution in [0, 0.1) is 0 Å². The summed E-state index contributed by atoms with van der Waals surface area (Å²) in [6, 6.07) is 10.7. The van der Waals surface area contributed by atoms with Crippen molar-refractivity contribution in [3.8, 4) is 0 Å². The minimum absolute atomic E-state index is 0.217. The molecular formula is C14H11Cl4N. The Morgan fingerprint density at radius 2 is 1.63 bits per heavy atom. The first kappa shape index (κ1) is 15.0. The van der Waals surface area contributed by atoms with Gasteiger partial charge in [0.25, 0.3) is 0 Å². The fraction of sp³-hybridized carbons (Fsp3) is 0.143. The van der Waals surface area contributed by atoms with E-state index < -0.39 is 0 Å². The van der Waals surface area contributed by atoms with Crippen LogP contribution < -0.4 is 5.73 Å². The lowest BCUT2D eigenvalue weighted by molar-refractivity contribution is 0.722. The highest BCUT2D eigenvalue weighted by atomic mass is 35.5. The van der Waals surface area contributed by atoms with Crippen molar-refractivity contribution in [2.75, 3.05) is 0 Å². The summed E-state index contributed by atoms with van der Waals surface area (Å²) in [6.45, 7) is 0. The molecule has 1 nitrogen and oxygen atoms in total. The highest BCUT2D eigenvalue weighted by Gasteiger charge is 2.12. The molecule has 0 aromatic heterocycles. The van der Waals surface area contributed by atoms with Crippen molar-refractivity contribution in [3.63, 3.8) is 0 Å². The summed E-state index contributed by atoms with van der Waals surface area (Å²) in [5, 5.41) is 2.07. The van der Waals surface area contributed by atoms with Gasteiger partial charge in [-0.15, -0.1) is 0 Å². The highest BCUT2D eigenvalue weighted by molar-refractivity contribution is 6.42. The van der Waals surface area contributed by atoms with Crippen LogP contribution in [-0.2, 0) is 6.42 Å². The van der Waals surface area contributed by atoms with Crippen LogP contribution in [0.4, 0.5) is 0 Å². The van der Waals surface area contributed by atoms with Gasteiger partial charge in [0.2, 0.25) is 0 Å². The molecule has 0 amide bonds. The molecule has 2 N–H and O–H groups in total. The molecule has 0 aliphatic carbocycles. The maximum Gasteiger partial charge on any atom is 0.0624 e. The fourth-order valence-electron chi connectivity index (χ4n) is 1.80. The molecule has 0 radical (unpaired) electrons. The number of hydrogen-bond donors (Lipinski definition) is 1. The van der Waals surface area contributed by atoms with Gasteiger partial charge in [0.05, 0.1) is 20.1 Å². The fourth-order valence-corrected chi connectivity index (χ4v) is 2.51. The lowest BCUT2D eigenvalue weighted by atomic mass is 10.00. The van der Waals surface area contributed by atoms with E-state index in [2.05, 4.69) is 0 Å². The lowest BCUT2D eigenvalue weighted by Gasteiger charge is -2.14. The molecule has 0 bridgehead atoms. The zero-order valence-electron chi connectivity index (χ0n) is 9.84. The van der Waals surface area contributed by atoms with Gasteiger partial charge >= 0.3 is 0 Å². The molecule has 0 heterocycles. The van der Waals surface area contributed by atoms with Gasteiger partial charge in [-0.25, -0.2) is 0 Å². The van der Waals surface area contributed by atoms with E-state index in [0.29, 0.717) is 26.5 Å². The normalized spacial score (nSPS) is 12.5. The molecule has 0 aliphatic rings. The molecule has 2 aromatic carbocycles. The van der Waals surface area contributed by atoms with Crippen molar-refractivity contribution < 1.29 is 0 Å². The minimum atomic E-state index is -0.217. The van der Waals surface area contributed by atoms with Gasteiger partial charge in [0, 0.05) is 6.04 Å². The van der Waals surface area contributed by atoms with Crippen molar-refractivity contribution in [3.05, 3.63) is 67.6 Å². The second-order valence-electron chi connectivity index (χ2n) is 4.20. The quantitative estimate of drug-likeness (QED) is 0.783. The molecule has 19 heavy (non-hydrogen) atoms. The van der Waals surface area contributed by atoms with Crippen molar-refractivity contribution in [1.29, 1.82) is 0 Å². The van der Waals surface area contributed by atoms with E-state index in [4.69, 9.17) is 52.1 Å². The van der Waals surface area contributed by atoms with Gasteiger partial charge in [-0.05, 0) is 35.7 Å². The second-order valence-corrected chi connectivity index (χ2v) is 5.80. The first-order chi connectivity index (χ1) is 8.99. The van der Waals surface area contributed by atoms with Crippen LogP contribution in [-0.4, -0.2) is 0 Å². The van der Waals surface area contributed by atoms with E-state index in [9.17, 15) is 0 Å². The summed E-state index contributed by atoms with van der Waals surface area (Å²) in [5.41, 5.74) is 7.98. The van der Waals surface area contributed by atoms with Crippen molar-refractivity contribution in [1.82, 2.24) is 0 Å². The Kier molecular flexibility index (Phi) is 4.99. The van der Waals surface area contributed by atoms with Crippen LogP contribution in [0.5, 0.6) is 0 Å². The standard InChI is InChI=1S/C14H11Cl4N/c15-10-5-4-8(6-12(10)17)13(19)7-9-2-1-3-11(16)14(9)18/h1-6,13H,7,19H2. The first-order valence-electron chi connectivity index (χ1n) is 5.62. The SMILES string of the molecule is NC(Cc1cccc(Cl)c1Cl)c1ccc(Cl)c(Cl)c1. The topological polar surface area (TPSA) is 26.0 Å². The number of benzene rings is 2. The number of nitrogens with two attached hydrogens (primary N) is 1. The van der Waals surface area contributed by atoms with Gasteiger partial charge in [0.1, 0.15) is 0 Å². The van der Waals surface area contributed by atoms with Gasteiger partial charge in [-0.2, -0.15) is 0 Å². The van der Waals surface area contributed by atoms with Crippen molar-refractivity contribution in [2.45, 2.75) is 12.5 Å². The molecule has 0 saturated carbocycles. The minimum Gasteiger partial charge on any atom is -0.324 e. The van der Waals surface area contributed by atoms with Gasteiger partial charge < -0.3 is 5.73 Å². The molecule has 0 spiro atoms. The average molecular weight is 335 g/mol. The van der Waals surface area contributed by atoms with E-state index in [-0.39, 0.29) is 6.04 Å².